The minimum atomic E-state index is 0.0176. The Kier molecular flexibility index (Phi) is 7.70. The lowest BCUT2D eigenvalue weighted by Crippen LogP contribution is -2.46. The highest BCUT2D eigenvalue weighted by Crippen LogP contribution is 2.27. The third-order valence-electron chi connectivity index (χ3n) is 6.58. The molecule has 1 aromatic rings. The highest BCUT2D eigenvalue weighted by atomic mass is 16.2. The van der Waals surface area contributed by atoms with E-state index in [9.17, 15) is 9.59 Å². The van der Waals surface area contributed by atoms with Crippen molar-refractivity contribution in [1.82, 2.24) is 15.1 Å². The third-order valence-corrected chi connectivity index (χ3v) is 6.58. The molecule has 2 saturated heterocycles. The number of nitrogens with zero attached hydrogens (tertiary/aromatic N) is 2. The van der Waals surface area contributed by atoms with Crippen molar-refractivity contribution in [1.29, 1.82) is 0 Å². The van der Waals surface area contributed by atoms with E-state index in [4.69, 9.17) is 0 Å². The minimum Gasteiger partial charge on any atom is -0.354 e. The average molecular weight is 400 g/mol. The summed E-state index contributed by atoms with van der Waals surface area (Å²) in [6, 6.07) is 10.8. The molecule has 0 aliphatic carbocycles. The van der Waals surface area contributed by atoms with E-state index in [-0.39, 0.29) is 29.7 Å². The van der Waals surface area contributed by atoms with E-state index < -0.39 is 0 Å². The summed E-state index contributed by atoms with van der Waals surface area (Å²) in [6.07, 6.45) is 3.97. The van der Waals surface area contributed by atoms with Gasteiger partial charge in [-0.1, -0.05) is 51.1 Å². The fraction of sp³-hybridized carbons (Fsp3) is 0.667. The zero-order valence-corrected chi connectivity index (χ0v) is 18.3. The lowest BCUT2D eigenvalue weighted by atomic mass is 9.94. The number of nitrogens with one attached hydrogen (secondary N) is 1. The van der Waals surface area contributed by atoms with Crippen molar-refractivity contribution in [2.24, 2.45) is 17.8 Å². The summed E-state index contributed by atoms with van der Waals surface area (Å²) in [6.45, 7) is 10.4. The topological polar surface area (TPSA) is 52.7 Å². The zero-order chi connectivity index (χ0) is 20.8. The van der Waals surface area contributed by atoms with Crippen LogP contribution in [0.3, 0.4) is 0 Å². The molecule has 1 unspecified atom stereocenters. The Labute approximate surface area is 175 Å². The lowest BCUT2D eigenvalue weighted by molar-refractivity contribution is -0.138. The molecule has 0 bridgehead atoms. The van der Waals surface area contributed by atoms with Crippen LogP contribution in [0.25, 0.3) is 0 Å². The summed E-state index contributed by atoms with van der Waals surface area (Å²) < 4.78 is 0. The van der Waals surface area contributed by atoms with Crippen LogP contribution >= 0.6 is 0 Å². The van der Waals surface area contributed by atoms with Crippen LogP contribution in [-0.2, 0) is 9.59 Å². The number of carbonyl (C=O) groups is 2. The van der Waals surface area contributed by atoms with Gasteiger partial charge in [0.05, 0.1) is 6.04 Å². The molecule has 160 valence electrons. The highest BCUT2D eigenvalue weighted by Gasteiger charge is 2.30. The van der Waals surface area contributed by atoms with Crippen LogP contribution in [0, 0.1) is 17.8 Å². The first-order chi connectivity index (χ1) is 14.0. The first-order valence-electron chi connectivity index (χ1n) is 11.3. The first kappa shape index (κ1) is 21.8. The Balaban J connectivity index is 1.55. The van der Waals surface area contributed by atoms with E-state index in [0.717, 1.165) is 31.8 Å². The number of carbonyl (C=O) groups excluding carboxylic acids is 2. The number of likely N-dealkylation sites (tertiary alicyclic amines) is 2. The fourth-order valence-electron chi connectivity index (χ4n) is 4.54. The number of hydrogen-bond donors (Lipinski definition) is 1. The van der Waals surface area contributed by atoms with Crippen LogP contribution in [0.1, 0.15) is 58.1 Å². The molecule has 5 heteroatoms. The largest absolute Gasteiger partial charge is 0.354 e. The molecule has 2 aliphatic heterocycles. The van der Waals surface area contributed by atoms with E-state index >= 15 is 0 Å². The van der Waals surface area contributed by atoms with Crippen LogP contribution in [0.4, 0.5) is 0 Å². The van der Waals surface area contributed by atoms with E-state index in [1.54, 1.807) is 0 Å². The Morgan fingerprint density at radius 2 is 1.62 bits per heavy atom. The fourth-order valence-corrected chi connectivity index (χ4v) is 4.54. The number of benzene rings is 1. The summed E-state index contributed by atoms with van der Waals surface area (Å²) in [5.41, 5.74) is 1.28. The van der Waals surface area contributed by atoms with Gasteiger partial charge in [-0.15, -0.1) is 0 Å². The third kappa shape index (κ3) is 5.81. The van der Waals surface area contributed by atoms with Crippen molar-refractivity contribution >= 4 is 11.8 Å². The number of amides is 2. The van der Waals surface area contributed by atoms with Crippen molar-refractivity contribution in [2.75, 3.05) is 32.7 Å². The molecule has 1 atom stereocenters. The van der Waals surface area contributed by atoms with Gasteiger partial charge in [0.15, 0.2) is 0 Å². The molecule has 0 spiro atoms. The molecule has 0 aromatic heterocycles. The molecule has 2 aliphatic rings. The maximum Gasteiger partial charge on any atom is 0.225 e. The van der Waals surface area contributed by atoms with Gasteiger partial charge in [-0.2, -0.15) is 0 Å². The van der Waals surface area contributed by atoms with Gasteiger partial charge in [-0.3, -0.25) is 14.5 Å². The molecule has 1 N–H and O–H groups in total. The minimum absolute atomic E-state index is 0.0176. The Morgan fingerprint density at radius 1 is 1.00 bits per heavy atom. The van der Waals surface area contributed by atoms with Gasteiger partial charge in [0.25, 0.3) is 0 Å². The maximum absolute atomic E-state index is 12.8. The van der Waals surface area contributed by atoms with Gasteiger partial charge in [0.2, 0.25) is 11.8 Å². The quantitative estimate of drug-likeness (QED) is 0.797. The first-order valence-corrected chi connectivity index (χ1v) is 11.3. The van der Waals surface area contributed by atoms with Gasteiger partial charge in [0.1, 0.15) is 0 Å². The van der Waals surface area contributed by atoms with Gasteiger partial charge in [-0.25, -0.2) is 0 Å². The number of rotatable bonds is 6. The summed E-state index contributed by atoms with van der Waals surface area (Å²) >= 11 is 0. The lowest BCUT2D eigenvalue weighted by Gasteiger charge is -2.37. The Bertz CT molecular complexity index is 660. The number of hydrogen-bond acceptors (Lipinski definition) is 3. The second-order valence-corrected chi connectivity index (χ2v) is 9.14. The molecule has 29 heavy (non-hydrogen) atoms. The van der Waals surface area contributed by atoms with E-state index in [2.05, 4.69) is 41.4 Å². The molecule has 0 radical (unpaired) electrons. The van der Waals surface area contributed by atoms with E-state index in [1.165, 1.54) is 18.4 Å². The predicted molar refractivity (Wildman–Crippen MR) is 116 cm³/mol. The molecule has 3 rings (SSSR count). The standard InChI is InChI=1S/C24H37N3O2/c1-18(2)24(29)27-15-11-21(12-16-27)23(28)25-17-22(20-7-5-4-6-8-20)26-13-9-19(3)10-14-26/h4-8,18-19,21-22H,9-17H2,1-3H3,(H,25,28). The van der Waals surface area contributed by atoms with Crippen molar-refractivity contribution in [3.8, 4) is 0 Å². The summed E-state index contributed by atoms with van der Waals surface area (Å²) in [5.74, 6) is 1.18. The second kappa shape index (κ2) is 10.2. The summed E-state index contributed by atoms with van der Waals surface area (Å²) in [7, 11) is 0. The summed E-state index contributed by atoms with van der Waals surface area (Å²) in [5, 5.41) is 3.24. The zero-order valence-electron chi connectivity index (χ0n) is 18.3. The van der Waals surface area contributed by atoms with Crippen molar-refractivity contribution in [3.63, 3.8) is 0 Å². The van der Waals surface area contributed by atoms with E-state index in [0.29, 0.717) is 19.6 Å². The number of piperidine rings is 2. The molecule has 1 aromatic carbocycles. The predicted octanol–water partition coefficient (Wildman–Crippen LogP) is 3.47. The molecule has 2 heterocycles. The molecule has 0 saturated carbocycles. The highest BCUT2D eigenvalue weighted by molar-refractivity contribution is 5.80. The van der Waals surface area contributed by atoms with Gasteiger partial charge in [-0.05, 0) is 50.3 Å². The van der Waals surface area contributed by atoms with Crippen LogP contribution < -0.4 is 5.32 Å². The Hall–Kier alpha value is -1.88. The van der Waals surface area contributed by atoms with Gasteiger partial charge >= 0.3 is 0 Å². The SMILES string of the molecule is CC1CCN(C(CNC(=O)C2CCN(C(=O)C(C)C)CC2)c2ccccc2)CC1. The van der Waals surface area contributed by atoms with Crippen LogP contribution in [0.2, 0.25) is 0 Å². The molecule has 2 amide bonds. The smallest absolute Gasteiger partial charge is 0.225 e. The molecule has 2 fully saturated rings. The van der Waals surface area contributed by atoms with E-state index in [1.807, 2.05) is 24.8 Å². The average Bonchev–Trinajstić information content (AvgIpc) is 2.75. The van der Waals surface area contributed by atoms with Crippen LogP contribution in [0.5, 0.6) is 0 Å². The molecular weight excluding hydrogens is 362 g/mol. The van der Waals surface area contributed by atoms with Crippen molar-refractivity contribution < 1.29 is 9.59 Å². The molecule has 5 nitrogen and oxygen atoms in total. The summed E-state index contributed by atoms with van der Waals surface area (Å²) in [4.78, 5) is 29.5. The van der Waals surface area contributed by atoms with Gasteiger partial charge < -0.3 is 10.2 Å². The van der Waals surface area contributed by atoms with Crippen molar-refractivity contribution in [3.05, 3.63) is 35.9 Å². The normalized spacial score (nSPS) is 20.6. The van der Waals surface area contributed by atoms with Gasteiger partial charge in [0, 0.05) is 31.5 Å². The second-order valence-electron chi connectivity index (χ2n) is 9.14. The Morgan fingerprint density at radius 3 is 2.21 bits per heavy atom. The van der Waals surface area contributed by atoms with Crippen LogP contribution in [-0.4, -0.2) is 54.3 Å². The van der Waals surface area contributed by atoms with Crippen LogP contribution in [0.15, 0.2) is 30.3 Å². The molecular formula is C24H37N3O2. The monoisotopic (exact) mass is 399 g/mol. The van der Waals surface area contributed by atoms with Crippen molar-refractivity contribution in [2.45, 2.75) is 52.5 Å². The maximum atomic E-state index is 12.8.